The summed E-state index contributed by atoms with van der Waals surface area (Å²) in [5, 5.41) is 10.8. The van der Waals surface area contributed by atoms with Crippen LogP contribution in [0.15, 0.2) is 21.7 Å². The fourth-order valence-electron chi connectivity index (χ4n) is 1.64. The van der Waals surface area contributed by atoms with Crippen molar-refractivity contribution in [3.05, 3.63) is 43.0 Å². The van der Waals surface area contributed by atoms with E-state index in [1.807, 2.05) is 0 Å². The number of fused-ring (bicyclic) bond motifs is 1. The average molecular weight is 299 g/mol. The predicted molar refractivity (Wildman–Crippen MR) is 70.1 cm³/mol. The maximum absolute atomic E-state index is 11.3. The second-order valence-electron chi connectivity index (χ2n) is 3.83. The first-order valence-corrected chi connectivity index (χ1v) is 6.32. The summed E-state index contributed by atoms with van der Waals surface area (Å²) >= 11 is 0. The minimum Gasteiger partial charge on any atom is -0.316 e. The molecule has 20 heavy (non-hydrogen) atoms. The topological polar surface area (TPSA) is 149 Å². The van der Waals surface area contributed by atoms with Gasteiger partial charge in [0.15, 0.2) is 0 Å². The number of nitro benzene ring substituents is 1. The van der Waals surface area contributed by atoms with E-state index in [1.165, 1.54) is 7.05 Å². The summed E-state index contributed by atoms with van der Waals surface area (Å²) in [4.78, 5) is 46.2. The molecule has 3 N–H and O–H groups in total. The van der Waals surface area contributed by atoms with Crippen LogP contribution in [0.4, 0.5) is 11.4 Å². The van der Waals surface area contributed by atoms with E-state index in [1.54, 1.807) is 0 Å². The van der Waals surface area contributed by atoms with Crippen LogP contribution in [0.25, 0.3) is 11.0 Å². The van der Waals surface area contributed by atoms with Crippen molar-refractivity contribution in [2.45, 2.75) is 0 Å². The maximum Gasteiger partial charge on any atom is 0.642 e. The molecule has 0 radical (unpaired) electrons. The number of nitrogens with zero attached hydrogens (tertiary/aromatic N) is 2. The molecular formula is C9H8N4O6P+. The standard InChI is InChI=1S/C9H7N4O6P/c1-12(20(18)19)6-3-4(13(16)17)2-5-7(6)11-9(15)8(14)10-5/h2-3H,1H3,(H2-,10,11,14,15,18,19)/p+1. The van der Waals surface area contributed by atoms with Crippen molar-refractivity contribution in [2.24, 2.45) is 0 Å². The minimum atomic E-state index is -2.81. The highest BCUT2D eigenvalue weighted by Gasteiger charge is 2.26. The highest BCUT2D eigenvalue weighted by molar-refractivity contribution is 7.40. The van der Waals surface area contributed by atoms with Crippen LogP contribution in [-0.2, 0) is 4.57 Å². The van der Waals surface area contributed by atoms with Crippen LogP contribution in [0.1, 0.15) is 0 Å². The lowest BCUT2D eigenvalue weighted by atomic mass is 10.2. The van der Waals surface area contributed by atoms with E-state index < -0.39 is 24.2 Å². The Hall–Kier alpha value is -2.58. The van der Waals surface area contributed by atoms with E-state index in [4.69, 9.17) is 4.89 Å². The van der Waals surface area contributed by atoms with Crippen molar-refractivity contribution in [3.8, 4) is 0 Å². The lowest BCUT2D eigenvalue weighted by molar-refractivity contribution is -0.384. The lowest BCUT2D eigenvalue weighted by Gasteiger charge is -2.08. The monoisotopic (exact) mass is 299 g/mol. The van der Waals surface area contributed by atoms with E-state index >= 15 is 0 Å². The molecule has 1 unspecified atom stereocenters. The number of hydrogen-bond acceptors (Lipinski definition) is 5. The molecule has 2 rings (SSSR count). The maximum atomic E-state index is 11.3. The Labute approximate surface area is 110 Å². The van der Waals surface area contributed by atoms with Crippen molar-refractivity contribution >= 4 is 30.6 Å². The Morgan fingerprint density at radius 1 is 1.30 bits per heavy atom. The van der Waals surface area contributed by atoms with Crippen LogP contribution in [0.3, 0.4) is 0 Å². The number of non-ortho nitro benzene ring substituents is 1. The van der Waals surface area contributed by atoms with Crippen molar-refractivity contribution in [2.75, 3.05) is 11.7 Å². The van der Waals surface area contributed by atoms with Crippen LogP contribution in [0.2, 0.25) is 0 Å². The van der Waals surface area contributed by atoms with Gasteiger partial charge in [-0.2, -0.15) is 0 Å². The highest BCUT2D eigenvalue weighted by atomic mass is 31.1. The van der Waals surface area contributed by atoms with Gasteiger partial charge in [-0.15, -0.1) is 9.56 Å². The van der Waals surface area contributed by atoms with Gasteiger partial charge >= 0.3 is 19.3 Å². The summed E-state index contributed by atoms with van der Waals surface area (Å²) in [5.74, 6) is 0. The minimum absolute atomic E-state index is 0.0116. The fraction of sp³-hybridized carbons (Fsp3) is 0.111. The average Bonchev–Trinajstić information content (AvgIpc) is 2.38. The summed E-state index contributed by atoms with van der Waals surface area (Å²) in [6.07, 6.45) is 0. The van der Waals surface area contributed by atoms with Gasteiger partial charge in [-0.25, -0.2) is 0 Å². The van der Waals surface area contributed by atoms with Gasteiger partial charge in [0.1, 0.15) is 5.69 Å². The molecule has 0 amide bonds. The largest absolute Gasteiger partial charge is 0.642 e. The molecule has 1 aromatic carbocycles. The predicted octanol–water partition coefficient (Wildman–Crippen LogP) is 0.210. The fourth-order valence-corrected chi connectivity index (χ4v) is 1.99. The first-order chi connectivity index (χ1) is 9.31. The van der Waals surface area contributed by atoms with E-state index in [-0.39, 0.29) is 22.4 Å². The second kappa shape index (κ2) is 4.83. The number of H-pyrrole nitrogens is 2. The number of nitro groups is 1. The molecule has 0 aliphatic carbocycles. The Bertz CT molecular complexity index is 840. The van der Waals surface area contributed by atoms with Crippen molar-refractivity contribution in [3.63, 3.8) is 0 Å². The molecule has 10 nitrogen and oxygen atoms in total. The zero-order valence-corrected chi connectivity index (χ0v) is 10.9. The Morgan fingerprint density at radius 3 is 2.45 bits per heavy atom. The quantitative estimate of drug-likeness (QED) is 0.317. The number of aromatic amines is 2. The van der Waals surface area contributed by atoms with Gasteiger partial charge in [-0.1, -0.05) is 0 Å². The van der Waals surface area contributed by atoms with Gasteiger partial charge in [0.05, 0.1) is 23.0 Å². The molecule has 1 atom stereocenters. The molecule has 2 aromatic rings. The smallest absolute Gasteiger partial charge is 0.316 e. The summed E-state index contributed by atoms with van der Waals surface area (Å²) in [7, 11) is -1.59. The number of hydrogen-bond donors (Lipinski definition) is 3. The summed E-state index contributed by atoms with van der Waals surface area (Å²) < 4.78 is 12.0. The van der Waals surface area contributed by atoms with Crippen LogP contribution in [0.5, 0.6) is 0 Å². The third-order valence-electron chi connectivity index (χ3n) is 2.61. The van der Waals surface area contributed by atoms with Gasteiger partial charge in [0, 0.05) is 12.1 Å². The van der Waals surface area contributed by atoms with Crippen LogP contribution < -0.4 is 15.8 Å². The van der Waals surface area contributed by atoms with Gasteiger partial charge in [-0.05, 0) is 4.57 Å². The van der Waals surface area contributed by atoms with Crippen LogP contribution in [0, 0.1) is 10.1 Å². The molecule has 11 heteroatoms. The van der Waals surface area contributed by atoms with Crippen molar-refractivity contribution in [1.29, 1.82) is 0 Å². The first-order valence-electron chi connectivity index (χ1n) is 5.16. The summed E-state index contributed by atoms with van der Waals surface area (Å²) in [5.41, 5.74) is -2.36. The summed E-state index contributed by atoms with van der Waals surface area (Å²) in [6.45, 7) is 0. The van der Waals surface area contributed by atoms with Gasteiger partial charge in [0.25, 0.3) is 5.69 Å². The Balaban J connectivity index is 2.92. The van der Waals surface area contributed by atoms with E-state index in [0.29, 0.717) is 0 Å². The molecule has 0 saturated heterocycles. The number of aromatic nitrogens is 2. The van der Waals surface area contributed by atoms with Gasteiger partial charge in [0.2, 0.25) is 0 Å². The van der Waals surface area contributed by atoms with Gasteiger partial charge < -0.3 is 9.97 Å². The normalized spacial score (nSPS) is 11.4. The van der Waals surface area contributed by atoms with Crippen LogP contribution in [-0.4, -0.2) is 26.8 Å². The third kappa shape index (κ3) is 2.29. The second-order valence-corrected chi connectivity index (χ2v) is 4.93. The lowest BCUT2D eigenvalue weighted by Crippen LogP contribution is -2.29. The molecule has 0 spiro atoms. The molecular weight excluding hydrogens is 291 g/mol. The third-order valence-corrected chi connectivity index (χ3v) is 3.34. The van der Waals surface area contributed by atoms with Crippen molar-refractivity contribution in [1.82, 2.24) is 9.97 Å². The molecule has 0 fully saturated rings. The SMILES string of the molecule is CN(c1cc([N+](=O)[O-])cc2[nH]c(=O)c(=O)[nH]c12)[P+](=O)O. The molecule has 1 aromatic heterocycles. The van der Waals surface area contributed by atoms with Gasteiger partial charge in [-0.3, -0.25) is 19.7 Å². The number of rotatable bonds is 3. The highest BCUT2D eigenvalue weighted by Crippen LogP contribution is 2.34. The van der Waals surface area contributed by atoms with Crippen LogP contribution >= 0.6 is 8.18 Å². The molecule has 0 aliphatic heterocycles. The zero-order chi connectivity index (χ0) is 15.0. The summed E-state index contributed by atoms with van der Waals surface area (Å²) in [6, 6.07) is 2.08. The Morgan fingerprint density at radius 2 is 1.90 bits per heavy atom. The zero-order valence-electron chi connectivity index (χ0n) is 9.98. The van der Waals surface area contributed by atoms with E-state index in [2.05, 4.69) is 9.97 Å². The number of nitrogens with one attached hydrogen (secondary N) is 2. The van der Waals surface area contributed by atoms with E-state index in [0.717, 1.165) is 16.8 Å². The molecule has 0 aliphatic rings. The molecule has 0 saturated carbocycles. The van der Waals surface area contributed by atoms with Crippen molar-refractivity contribution < 1.29 is 14.4 Å². The molecule has 104 valence electrons. The first kappa shape index (κ1) is 13.8. The number of anilines is 1. The molecule has 0 bridgehead atoms. The van der Waals surface area contributed by atoms with E-state index in [9.17, 15) is 24.3 Å². The Kier molecular flexibility index (Phi) is 3.35. The number of benzene rings is 1. The molecule has 1 heterocycles.